The number of nitrogens with zero attached hydrogens (tertiary/aromatic N) is 2. The minimum atomic E-state index is -0.810. The average molecular weight is 512 g/mol. The Morgan fingerprint density at radius 3 is 2.49 bits per heavy atom. The fourth-order valence-electron chi connectivity index (χ4n) is 6.73. The van der Waals surface area contributed by atoms with E-state index in [4.69, 9.17) is 5.11 Å². The van der Waals surface area contributed by atoms with Crippen LogP contribution >= 0.6 is 0 Å². The van der Waals surface area contributed by atoms with Gasteiger partial charge in [0, 0.05) is 51.1 Å². The number of carbonyl (C=O) groups excluding carboxylic acids is 2. The molecule has 2 N–H and O–H groups in total. The topological polar surface area (TPSA) is 90.0 Å². The van der Waals surface area contributed by atoms with Gasteiger partial charge in [0.05, 0.1) is 6.42 Å². The fraction of sp³-hybridized carbons (Fsp3) is 0.700. The maximum Gasteiger partial charge on any atom is 0.307 e. The van der Waals surface area contributed by atoms with Crippen LogP contribution < -0.4 is 5.32 Å². The lowest BCUT2D eigenvalue weighted by atomic mass is 9.77. The first-order valence-electron chi connectivity index (χ1n) is 14.3. The maximum absolute atomic E-state index is 13.5. The zero-order valence-electron chi connectivity index (χ0n) is 22.8. The van der Waals surface area contributed by atoms with Crippen molar-refractivity contribution in [3.05, 3.63) is 35.4 Å². The summed E-state index contributed by atoms with van der Waals surface area (Å²) < 4.78 is 0. The van der Waals surface area contributed by atoms with Gasteiger partial charge in [-0.2, -0.15) is 0 Å². The van der Waals surface area contributed by atoms with Crippen molar-refractivity contribution in [2.24, 2.45) is 23.7 Å². The number of aliphatic carboxylic acids is 1. The van der Waals surface area contributed by atoms with Gasteiger partial charge in [-0.3, -0.25) is 19.3 Å². The molecule has 204 valence electrons. The summed E-state index contributed by atoms with van der Waals surface area (Å²) in [6.45, 7) is 10.1. The second kappa shape index (κ2) is 12.4. The summed E-state index contributed by atoms with van der Waals surface area (Å²) in [6.07, 6.45) is 5.91. The van der Waals surface area contributed by atoms with Crippen LogP contribution in [0.25, 0.3) is 0 Å². The molecule has 4 rings (SSSR count). The summed E-state index contributed by atoms with van der Waals surface area (Å²) in [7, 11) is 0. The molecule has 5 atom stereocenters. The molecule has 0 radical (unpaired) electrons. The number of piperidine rings is 2. The highest BCUT2D eigenvalue weighted by Crippen LogP contribution is 2.37. The van der Waals surface area contributed by atoms with Crippen molar-refractivity contribution in [1.29, 1.82) is 0 Å². The molecule has 3 fully saturated rings. The van der Waals surface area contributed by atoms with Crippen molar-refractivity contribution in [2.75, 3.05) is 19.6 Å². The Kier molecular flexibility index (Phi) is 9.27. The summed E-state index contributed by atoms with van der Waals surface area (Å²) >= 11 is 0. The Balaban J connectivity index is 1.44. The quantitative estimate of drug-likeness (QED) is 0.621. The maximum atomic E-state index is 13.5. The van der Waals surface area contributed by atoms with Gasteiger partial charge in [0.2, 0.25) is 11.8 Å². The first-order valence-corrected chi connectivity index (χ1v) is 14.3. The second-order valence-corrected chi connectivity index (χ2v) is 12.3. The first kappa shape index (κ1) is 27.6. The SMILES string of the molecule is CC(C)[C@@H]1CC[C@@H](C)CC(=O)N2C[C@H]3C[C@@H](CN(Cc4ccc(CC(=O)O)cc4)C3)[C@@H]2CCCC(=O)N1. The predicted octanol–water partition coefficient (Wildman–Crippen LogP) is 4.09. The van der Waals surface area contributed by atoms with E-state index in [-0.39, 0.29) is 24.4 Å². The lowest BCUT2D eigenvalue weighted by molar-refractivity contribution is -0.142. The van der Waals surface area contributed by atoms with Gasteiger partial charge in [-0.25, -0.2) is 0 Å². The van der Waals surface area contributed by atoms with E-state index in [0.717, 1.165) is 63.8 Å². The number of benzene rings is 1. The number of rotatable bonds is 5. The molecule has 7 heteroatoms. The summed E-state index contributed by atoms with van der Waals surface area (Å²) in [5, 5.41) is 12.3. The molecule has 2 bridgehead atoms. The zero-order chi connectivity index (χ0) is 26.5. The Morgan fingerprint density at radius 2 is 1.78 bits per heavy atom. The van der Waals surface area contributed by atoms with Gasteiger partial charge < -0.3 is 15.3 Å². The largest absolute Gasteiger partial charge is 0.481 e. The van der Waals surface area contributed by atoms with Crippen molar-refractivity contribution in [1.82, 2.24) is 15.1 Å². The van der Waals surface area contributed by atoms with Gasteiger partial charge in [-0.15, -0.1) is 0 Å². The van der Waals surface area contributed by atoms with Crippen LogP contribution in [-0.2, 0) is 27.3 Å². The van der Waals surface area contributed by atoms with Crippen LogP contribution in [0.3, 0.4) is 0 Å². The van der Waals surface area contributed by atoms with E-state index in [1.807, 2.05) is 24.3 Å². The molecule has 3 heterocycles. The number of hydrogen-bond acceptors (Lipinski definition) is 4. The minimum absolute atomic E-state index is 0.0501. The highest BCUT2D eigenvalue weighted by atomic mass is 16.4. The van der Waals surface area contributed by atoms with E-state index in [1.54, 1.807) is 0 Å². The Hall–Kier alpha value is -2.41. The first-order chi connectivity index (χ1) is 17.7. The monoisotopic (exact) mass is 511 g/mol. The third-order valence-electron chi connectivity index (χ3n) is 8.70. The molecular formula is C30H45N3O4. The van der Waals surface area contributed by atoms with Gasteiger partial charge in [0.1, 0.15) is 0 Å². The van der Waals surface area contributed by atoms with Crippen molar-refractivity contribution in [3.63, 3.8) is 0 Å². The lowest BCUT2D eigenvalue weighted by Crippen LogP contribution is -2.59. The van der Waals surface area contributed by atoms with Crippen LogP contribution in [0, 0.1) is 23.7 Å². The smallest absolute Gasteiger partial charge is 0.307 e. The van der Waals surface area contributed by atoms with Gasteiger partial charge in [-0.05, 0) is 66.9 Å². The highest BCUT2D eigenvalue weighted by Gasteiger charge is 2.42. The molecule has 37 heavy (non-hydrogen) atoms. The number of carboxylic acids is 1. The van der Waals surface area contributed by atoms with Crippen LogP contribution in [0.1, 0.15) is 76.8 Å². The van der Waals surface area contributed by atoms with Crippen molar-refractivity contribution in [3.8, 4) is 0 Å². The molecular weight excluding hydrogens is 466 g/mol. The molecule has 0 saturated carbocycles. The standard InChI is InChI=1S/C30H45N3O4/c1-20(2)26-12-7-21(3)13-29(35)33-18-24-14-25(27(33)5-4-6-28(34)31-26)19-32(17-24)16-23-10-8-22(9-11-23)15-30(36)37/h8-11,20-21,24-27H,4-7,12-19H2,1-3H3,(H,31,34)(H,36,37)/t21-,24+,25+,26+,27+/m1/s1. The number of carboxylic acid groups (broad SMARTS) is 1. The van der Waals surface area contributed by atoms with Gasteiger partial charge in [0.15, 0.2) is 0 Å². The van der Waals surface area contributed by atoms with E-state index < -0.39 is 5.97 Å². The minimum Gasteiger partial charge on any atom is -0.481 e. The average Bonchev–Trinajstić information content (AvgIpc) is 2.83. The summed E-state index contributed by atoms with van der Waals surface area (Å²) in [4.78, 5) is 42.0. The molecule has 0 spiro atoms. The van der Waals surface area contributed by atoms with Gasteiger partial charge in [-0.1, -0.05) is 45.0 Å². The molecule has 2 amide bonds. The molecule has 0 aromatic heterocycles. The van der Waals surface area contributed by atoms with Crippen molar-refractivity contribution >= 4 is 17.8 Å². The Morgan fingerprint density at radius 1 is 1.05 bits per heavy atom. The predicted molar refractivity (Wildman–Crippen MR) is 144 cm³/mol. The van der Waals surface area contributed by atoms with Crippen LogP contribution in [0.15, 0.2) is 24.3 Å². The van der Waals surface area contributed by atoms with Crippen molar-refractivity contribution in [2.45, 2.75) is 90.8 Å². The second-order valence-electron chi connectivity index (χ2n) is 12.3. The van der Waals surface area contributed by atoms with Crippen LogP contribution in [0.5, 0.6) is 0 Å². The molecule has 3 aliphatic rings. The van der Waals surface area contributed by atoms with Crippen LogP contribution in [0.2, 0.25) is 0 Å². The molecule has 3 saturated heterocycles. The molecule has 3 aliphatic heterocycles. The number of likely N-dealkylation sites (tertiary alicyclic amines) is 1. The van der Waals surface area contributed by atoms with Crippen LogP contribution in [-0.4, -0.2) is 64.4 Å². The number of hydrogen-bond donors (Lipinski definition) is 2. The highest BCUT2D eigenvalue weighted by molar-refractivity contribution is 5.77. The number of fused-ring (bicyclic) bond motifs is 4. The number of amides is 2. The molecule has 1 aromatic rings. The van der Waals surface area contributed by atoms with E-state index >= 15 is 0 Å². The molecule has 0 aliphatic carbocycles. The molecule has 0 unspecified atom stereocenters. The molecule has 7 nitrogen and oxygen atoms in total. The van der Waals surface area contributed by atoms with Gasteiger partial charge >= 0.3 is 5.97 Å². The lowest BCUT2D eigenvalue weighted by Gasteiger charge is -2.51. The van der Waals surface area contributed by atoms with Crippen LogP contribution in [0.4, 0.5) is 0 Å². The van der Waals surface area contributed by atoms with E-state index in [9.17, 15) is 14.4 Å². The third-order valence-corrected chi connectivity index (χ3v) is 8.70. The Bertz CT molecular complexity index is 947. The molecule has 1 aromatic carbocycles. The Labute approximate surface area is 222 Å². The van der Waals surface area contributed by atoms with Gasteiger partial charge in [0.25, 0.3) is 0 Å². The van der Waals surface area contributed by atoms with Crippen molar-refractivity contribution < 1.29 is 19.5 Å². The summed E-state index contributed by atoms with van der Waals surface area (Å²) in [6, 6.07) is 8.30. The van der Waals surface area contributed by atoms with E-state index in [1.165, 1.54) is 5.56 Å². The summed E-state index contributed by atoms with van der Waals surface area (Å²) in [5.41, 5.74) is 2.02. The third kappa shape index (κ3) is 7.56. The zero-order valence-corrected chi connectivity index (χ0v) is 22.8. The van der Waals surface area contributed by atoms with E-state index in [2.05, 4.69) is 35.9 Å². The normalized spacial score (nSPS) is 30.1. The number of carbonyl (C=O) groups is 3. The summed E-state index contributed by atoms with van der Waals surface area (Å²) in [5.74, 6) is 1.24. The number of nitrogens with one attached hydrogen (secondary N) is 1. The fourth-order valence-corrected chi connectivity index (χ4v) is 6.73. The van der Waals surface area contributed by atoms with E-state index in [0.29, 0.717) is 42.4 Å².